The summed E-state index contributed by atoms with van der Waals surface area (Å²) < 4.78 is 22.4. The number of hydrogen-bond acceptors (Lipinski definition) is 12. The second kappa shape index (κ2) is 25.1. The molecular weight excluding hydrogens is 896 g/mol. The van der Waals surface area contributed by atoms with Crippen molar-refractivity contribution >= 4 is 108 Å². The molecule has 2 fully saturated rings. The number of carbonyl (C=O) groups is 8. The van der Waals surface area contributed by atoms with E-state index >= 15 is 0 Å². The number of hydrogen-bond donors (Lipinski definition) is 6. The maximum absolute atomic E-state index is 13.1. The Bertz CT molecular complexity index is 1910. The molecule has 2 heterocycles. The molecule has 1 unspecified atom stereocenters. The fraction of sp³-hybridized carbons (Fsp3) is 0.526. The van der Waals surface area contributed by atoms with Gasteiger partial charge in [0.15, 0.2) is 0 Å². The van der Waals surface area contributed by atoms with Crippen LogP contribution in [0.5, 0.6) is 0 Å². The van der Waals surface area contributed by atoms with Crippen LogP contribution in [0.25, 0.3) is 0 Å². The van der Waals surface area contributed by atoms with E-state index in [1.54, 1.807) is 6.92 Å². The molecule has 0 bridgehead atoms. The quantitative estimate of drug-likeness (QED) is 0.0478. The van der Waals surface area contributed by atoms with Gasteiger partial charge in [0.2, 0.25) is 23.6 Å². The maximum Gasteiger partial charge on any atom is 0.551 e. The summed E-state index contributed by atoms with van der Waals surface area (Å²) >= 11 is 23.9. The van der Waals surface area contributed by atoms with Crippen LogP contribution in [0.4, 0.5) is 0 Å². The monoisotopic (exact) mass is 944 g/mol. The molecule has 18 nitrogen and oxygen atoms in total. The number of nitrogens with one attached hydrogen (secondary N) is 6. The largest absolute Gasteiger partial charge is 0.551 e. The highest BCUT2D eigenvalue weighted by molar-refractivity contribution is 6.50. The zero-order valence-corrected chi connectivity index (χ0v) is 38.0. The van der Waals surface area contributed by atoms with Gasteiger partial charge in [0.1, 0.15) is 12.2 Å². The Morgan fingerprint density at radius 2 is 1.21 bits per heavy atom. The van der Waals surface area contributed by atoms with Crippen molar-refractivity contribution < 1.29 is 57.0 Å². The van der Waals surface area contributed by atoms with Crippen LogP contribution in [0, 0.1) is 11.8 Å². The lowest BCUT2D eigenvalue weighted by Crippen LogP contribution is -2.58. The van der Waals surface area contributed by atoms with Crippen molar-refractivity contribution in [3.8, 4) is 0 Å². The molecule has 6 amide bonds. The van der Waals surface area contributed by atoms with Crippen molar-refractivity contribution in [3.05, 3.63) is 55.5 Å². The predicted molar refractivity (Wildman–Crippen MR) is 231 cm³/mol. The summed E-state index contributed by atoms with van der Waals surface area (Å²) in [6.07, 6.45) is -1.55. The zero-order chi connectivity index (χ0) is 46.3. The molecule has 3 rings (SSSR count). The van der Waals surface area contributed by atoms with E-state index in [0.29, 0.717) is 5.03 Å². The van der Waals surface area contributed by atoms with Gasteiger partial charge in [0, 0.05) is 28.2 Å². The van der Waals surface area contributed by atoms with E-state index in [1.807, 2.05) is 27.7 Å². The van der Waals surface area contributed by atoms with E-state index in [1.165, 1.54) is 31.2 Å². The molecule has 0 saturated carbocycles. The van der Waals surface area contributed by atoms with Gasteiger partial charge in [-0.15, -0.1) is 0 Å². The van der Waals surface area contributed by atoms with Gasteiger partial charge in [0.25, 0.3) is 23.8 Å². The standard InChI is InChI=1S/C38H50B2Cl4N6O12/c1-19(2)11-29(49-31(51)17-47-35(55)24(22(6)42)13-21(5)41)39-59-27(15-33(53)61-39)37(57)45-9-10-46-38(58)28-16-34(54)62-40(60-28)30(12-20(3)4)50-32(52)18-48-36(56)25-14-23(43)7-8-26(25)44/h7-8,13-14,19-20,27-30H,9-12,15-18H2,1-6H3,(H,45,57)(H,46,58)(H,47,55)(H,48,56)(H,49,51)(H,50,52)/b21-13+,24-22-/t27-,28-,29?,30+/m1/s1. The van der Waals surface area contributed by atoms with Crippen LogP contribution in [0.1, 0.15) is 77.6 Å². The molecule has 2 saturated heterocycles. The lowest BCUT2D eigenvalue weighted by Gasteiger charge is -2.32. The van der Waals surface area contributed by atoms with Crippen LogP contribution in [0.3, 0.4) is 0 Å². The maximum atomic E-state index is 13.1. The summed E-state index contributed by atoms with van der Waals surface area (Å²) in [4.78, 5) is 103. The van der Waals surface area contributed by atoms with Crippen molar-refractivity contribution in [1.29, 1.82) is 0 Å². The molecule has 62 heavy (non-hydrogen) atoms. The van der Waals surface area contributed by atoms with Crippen molar-refractivity contribution in [2.24, 2.45) is 11.8 Å². The summed E-state index contributed by atoms with van der Waals surface area (Å²) in [7, 11) is -2.69. The molecular formula is C38H50B2Cl4N6O12. The lowest BCUT2D eigenvalue weighted by molar-refractivity contribution is -0.149. The van der Waals surface area contributed by atoms with Crippen LogP contribution in [-0.4, -0.2) is 112 Å². The van der Waals surface area contributed by atoms with Gasteiger partial charge in [-0.3, -0.25) is 38.4 Å². The smallest absolute Gasteiger partial charge is 0.508 e. The Balaban J connectivity index is 1.52. The SMILES string of the molecule is C/C(Cl)=C(\C=C(/C)Cl)C(=O)NCC(=O)NC(CC(C)C)B1OC(=O)C[C@H](C(=O)NCCNC(=O)[C@H]2CC(=O)OB([C@H](CC(C)C)NC(=O)CNC(=O)c3cc(Cl)ccc3Cl)O2)O1. The lowest BCUT2D eigenvalue weighted by atomic mass is 9.72. The Hall–Kier alpha value is -4.33. The van der Waals surface area contributed by atoms with Crippen molar-refractivity contribution in [2.45, 2.75) is 91.3 Å². The minimum atomic E-state index is -1.34. The van der Waals surface area contributed by atoms with Crippen molar-refractivity contribution in [3.63, 3.8) is 0 Å². The fourth-order valence-electron chi connectivity index (χ4n) is 6.11. The van der Waals surface area contributed by atoms with Crippen LogP contribution in [0.15, 0.2) is 39.9 Å². The van der Waals surface area contributed by atoms with Crippen LogP contribution in [0.2, 0.25) is 10.0 Å². The van der Waals surface area contributed by atoms with Crippen molar-refractivity contribution in [1.82, 2.24) is 31.9 Å². The van der Waals surface area contributed by atoms with E-state index in [0.717, 1.165) is 0 Å². The van der Waals surface area contributed by atoms with E-state index in [2.05, 4.69) is 31.9 Å². The number of carbonyl (C=O) groups excluding carboxylic acids is 8. The van der Waals surface area contributed by atoms with E-state index in [-0.39, 0.29) is 64.0 Å². The Kier molecular flexibility index (Phi) is 21.0. The first kappa shape index (κ1) is 52.0. The number of rotatable bonds is 20. The Morgan fingerprint density at radius 1 is 0.742 bits per heavy atom. The number of benzene rings is 1. The van der Waals surface area contributed by atoms with E-state index < -0.39 is 112 Å². The molecule has 2 aliphatic heterocycles. The van der Waals surface area contributed by atoms with Gasteiger partial charge < -0.3 is 50.5 Å². The topological polar surface area (TPSA) is 246 Å². The summed E-state index contributed by atoms with van der Waals surface area (Å²) in [6, 6.07) is 4.31. The molecule has 4 atom stereocenters. The molecule has 0 radical (unpaired) electrons. The van der Waals surface area contributed by atoms with Gasteiger partial charge in [0.05, 0.1) is 54.0 Å². The first-order valence-corrected chi connectivity index (χ1v) is 21.2. The second-order valence-corrected chi connectivity index (χ2v) is 17.2. The third-order valence-corrected chi connectivity index (χ3v) is 9.73. The molecule has 1 aromatic carbocycles. The Labute approximate surface area is 380 Å². The van der Waals surface area contributed by atoms with E-state index in [9.17, 15) is 38.4 Å². The highest BCUT2D eigenvalue weighted by atomic mass is 35.5. The molecule has 1 aromatic rings. The van der Waals surface area contributed by atoms with E-state index in [4.69, 9.17) is 65.0 Å². The second-order valence-electron chi connectivity index (χ2n) is 15.2. The summed E-state index contributed by atoms with van der Waals surface area (Å²) in [5, 5.41) is 16.3. The summed E-state index contributed by atoms with van der Waals surface area (Å²) in [5.74, 6) is -7.28. The molecule has 24 heteroatoms. The van der Waals surface area contributed by atoms with Gasteiger partial charge in [-0.2, -0.15) is 0 Å². The third kappa shape index (κ3) is 17.4. The van der Waals surface area contributed by atoms with Gasteiger partial charge in [-0.25, -0.2) is 0 Å². The summed E-state index contributed by atoms with van der Waals surface area (Å²) in [5.41, 5.74) is 0.141. The van der Waals surface area contributed by atoms with Crippen LogP contribution < -0.4 is 31.9 Å². The molecule has 2 aliphatic rings. The molecule has 0 aromatic heterocycles. The average molecular weight is 946 g/mol. The molecule has 338 valence electrons. The zero-order valence-electron chi connectivity index (χ0n) is 35.0. The fourth-order valence-corrected chi connectivity index (χ4v) is 6.73. The predicted octanol–water partition coefficient (Wildman–Crippen LogP) is 2.51. The van der Waals surface area contributed by atoms with Gasteiger partial charge in [-0.05, 0) is 62.8 Å². The minimum Gasteiger partial charge on any atom is -0.508 e. The molecule has 6 N–H and O–H groups in total. The summed E-state index contributed by atoms with van der Waals surface area (Å²) in [6.45, 7) is 9.34. The first-order chi connectivity index (χ1) is 29.1. The molecule has 0 aliphatic carbocycles. The van der Waals surface area contributed by atoms with Crippen LogP contribution in [-0.2, 0) is 52.2 Å². The highest BCUT2D eigenvalue weighted by Gasteiger charge is 2.45. The number of halogens is 4. The minimum absolute atomic E-state index is 0.0221. The molecule has 0 spiro atoms. The normalized spacial score (nSPS) is 18.2. The van der Waals surface area contributed by atoms with Crippen LogP contribution >= 0.6 is 46.4 Å². The average Bonchev–Trinajstić information content (AvgIpc) is 3.18. The number of allylic oxidation sites excluding steroid dienone is 2. The first-order valence-electron chi connectivity index (χ1n) is 19.7. The Morgan fingerprint density at radius 3 is 1.65 bits per heavy atom. The van der Waals surface area contributed by atoms with Gasteiger partial charge in [-0.1, -0.05) is 74.1 Å². The highest BCUT2D eigenvalue weighted by Crippen LogP contribution is 2.22. The van der Waals surface area contributed by atoms with Crippen molar-refractivity contribution in [2.75, 3.05) is 26.2 Å². The number of amides is 6. The van der Waals surface area contributed by atoms with Gasteiger partial charge >= 0.3 is 14.2 Å². The third-order valence-electron chi connectivity index (χ3n) is 8.86.